The Morgan fingerprint density at radius 2 is 1.74 bits per heavy atom. The molecular weight excluding hydrogens is 500 g/mol. The number of likely N-dealkylation sites (N-methyl/N-ethyl adjacent to an activating group) is 1. The molecule has 1 aromatic carbocycles. The van der Waals surface area contributed by atoms with E-state index >= 15 is 4.39 Å². The van der Waals surface area contributed by atoms with Gasteiger partial charge < -0.3 is 19.4 Å². The minimum atomic E-state index is -0.607. The first-order chi connectivity index (χ1) is 19.0. The minimum absolute atomic E-state index is 0.0266. The molecule has 0 spiro atoms. The van der Waals surface area contributed by atoms with Crippen LogP contribution in [0.4, 0.5) is 20.5 Å². The number of piperazine rings is 1. The SMILES string of the molecule is C#Cc1c(F)ccc2cncc(-c3ncc4c(N5C[C@H]6CC[C@@H](C5)O6)nc(N5CCN(C)CC5)nc4c3F)c12. The van der Waals surface area contributed by atoms with Crippen molar-refractivity contribution in [3.8, 4) is 23.6 Å². The molecule has 2 bridgehead atoms. The number of terminal acetylenes is 1. The Morgan fingerprint density at radius 3 is 2.49 bits per heavy atom. The molecule has 8 nitrogen and oxygen atoms in total. The van der Waals surface area contributed by atoms with Crippen LogP contribution in [-0.4, -0.2) is 83.4 Å². The molecular formula is C29H27F2N7O. The highest BCUT2D eigenvalue weighted by molar-refractivity contribution is 6.01. The first-order valence-corrected chi connectivity index (χ1v) is 13.2. The van der Waals surface area contributed by atoms with E-state index in [1.165, 1.54) is 12.3 Å². The molecule has 6 heterocycles. The third-order valence-corrected chi connectivity index (χ3v) is 8.05. The van der Waals surface area contributed by atoms with Gasteiger partial charge in [-0.15, -0.1) is 6.42 Å². The highest BCUT2D eigenvalue weighted by Crippen LogP contribution is 2.38. The van der Waals surface area contributed by atoms with E-state index in [2.05, 4.69) is 37.6 Å². The summed E-state index contributed by atoms with van der Waals surface area (Å²) in [5.74, 6) is 2.42. The number of ether oxygens (including phenoxy) is 1. The summed E-state index contributed by atoms with van der Waals surface area (Å²) >= 11 is 0. The van der Waals surface area contributed by atoms with Gasteiger partial charge in [0.1, 0.15) is 22.8 Å². The van der Waals surface area contributed by atoms with Crippen LogP contribution >= 0.6 is 0 Å². The van der Waals surface area contributed by atoms with Gasteiger partial charge in [-0.05, 0) is 32.0 Å². The summed E-state index contributed by atoms with van der Waals surface area (Å²) in [6, 6.07) is 2.88. The molecule has 7 rings (SSSR count). The van der Waals surface area contributed by atoms with Gasteiger partial charge in [0.15, 0.2) is 5.82 Å². The molecule has 0 N–H and O–H groups in total. The van der Waals surface area contributed by atoms with E-state index in [1.54, 1.807) is 18.5 Å². The number of pyridine rings is 2. The fourth-order valence-electron chi connectivity index (χ4n) is 5.96. The lowest BCUT2D eigenvalue weighted by molar-refractivity contribution is 0.0303. The molecule has 10 heteroatoms. The van der Waals surface area contributed by atoms with Gasteiger partial charge in [-0.25, -0.2) is 13.8 Å². The third kappa shape index (κ3) is 4.04. The van der Waals surface area contributed by atoms with E-state index < -0.39 is 11.6 Å². The van der Waals surface area contributed by atoms with E-state index in [9.17, 15) is 4.39 Å². The standard InChI is InChI=1S/C29H27F2N7O/c1-3-20-23(30)7-4-17-12-32-13-21(24(17)20)26-25(31)27-22(14-33-26)28(38-15-18-5-6-19(16-38)39-18)35-29(34-27)37-10-8-36(2)9-11-37/h1,4,7,12-14,18-19H,5-6,8-11,15-16H2,2H3/t18-,19+. The summed E-state index contributed by atoms with van der Waals surface area (Å²) in [5.41, 5.74) is 0.578. The molecule has 3 aliphatic heterocycles. The average molecular weight is 528 g/mol. The van der Waals surface area contributed by atoms with Gasteiger partial charge in [-0.1, -0.05) is 5.92 Å². The van der Waals surface area contributed by atoms with Crippen molar-refractivity contribution in [2.24, 2.45) is 0 Å². The van der Waals surface area contributed by atoms with Crippen molar-refractivity contribution in [2.45, 2.75) is 25.0 Å². The zero-order chi connectivity index (χ0) is 26.7. The molecule has 2 atom stereocenters. The van der Waals surface area contributed by atoms with Crippen molar-refractivity contribution < 1.29 is 13.5 Å². The molecule has 0 radical (unpaired) electrons. The number of hydrogen-bond donors (Lipinski definition) is 0. The van der Waals surface area contributed by atoms with Crippen molar-refractivity contribution in [2.75, 3.05) is 56.1 Å². The number of morpholine rings is 1. The van der Waals surface area contributed by atoms with Gasteiger partial charge in [0, 0.05) is 74.2 Å². The Balaban J connectivity index is 1.43. The van der Waals surface area contributed by atoms with Gasteiger partial charge in [0.05, 0.1) is 23.2 Å². The first-order valence-electron chi connectivity index (χ1n) is 13.2. The van der Waals surface area contributed by atoms with Gasteiger partial charge >= 0.3 is 0 Å². The molecule has 3 aliphatic rings. The Hall–Kier alpha value is -3.94. The Morgan fingerprint density at radius 1 is 0.974 bits per heavy atom. The number of hydrogen-bond acceptors (Lipinski definition) is 8. The van der Waals surface area contributed by atoms with Crippen LogP contribution in [-0.2, 0) is 4.74 Å². The smallest absolute Gasteiger partial charge is 0.228 e. The molecule has 198 valence electrons. The number of benzene rings is 1. The van der Waals surface area contributed by atoms with Crippen LogP contribution in [0.2, 0.25) is 0 Å². The van der Waals surface area contributed by atoms with Crippen molar-refractivity contribution in [3.63, 3.8) is 0 Å². The molecule has 0 unspecified atom stereocenters. The van der Waals surface area contributed by atoms with Crippen molar-refractivity contribution in [1.29, 1.82) is 0 Å². The Kier molecular flexibility index (Phi) is 5.79. The van der Waals surface area contributed by atoms with Gasteiger partial charge in [0.2, 0.25) is 5.95 Å². The highest BCUT2D eigenvalue weighted by Gasteiger charge is 2.36. The molecule has 39 heavy (non-hydrogen) atoms. The summed E-state index contributed by atoms with van der Waals surface area (Å²) in [6.45, 7) is 4.59. The lowest BCUT2D eigenvalue weighted by Crippen LogP contribution is -2.46. The normalized spacial score (nSPS) is 21.6. The van der Waals surface area contributed by atoms with Crippen molar-refractivity contribution in [1.82, 2.24) is 24.8 Å². The maximum absolute atomic E-state index is 16.5. The fraction of sp³-hybridized carbons (Fsp3) is 0.379. The summed E-state index contributed by atoms with van der Waals surface area (Å²) in [7, 11) is 2.08. The predicted molar refractivity (Wildman–Crippen MR) is 146 cm³/mol. The van der Waals surface area contributed by atoms with Crippen molar-refractivity contribution in [3.05, 3.63) is 47.9 Å². The van der Waals surface area contributed by atoms with Crippen LogP contribution in [0.25, 0.3) is 32.9 Å². The number of anilines is 2. The van der Waals surface area contributed by atoms with Crippen LogP contribution in [0.15, 0.2) is 30.7 Å². The lowest BCUT2D eigenvalue weighted by Gasteiger charge is -2.35. The number of halogens is 2. The van der Waals surface area contributed by atoms with Gasteiger partial charge in [-0.2, -0.15) is 4.98 Å². The quantitative estimate of drug-likeness (QED) is 0.375. The largest absolute Gasteiger partial charge is 0.371 e. The molecule has 0 aliphatic carbocycles. The van der Waals surface area contributed by atoms with Crippen LogP contribution in [0.3, 0.4) is 0 Å². The Labute approximate surface area is 224 Å². The Bertz CT molecular complexity index is 1640. The molecule has 4 aromatic rings. The fourth-order valence-corrected chi connectivity index (χ4v) is 5.96. The third-order valence-electron chi connectivity index (χ3n) is 8.05. The molecule has 3 fully saturated rings. The molecule has 3 aromatic heterocycles. The van der Waals surface area contributed by atoms with Crippen LogP contribution in [0.1, 0.15) is 18.4 Å². The van der Waals surface area contributed by atoms with E-state index in [0.717, 1.165) is 39.0 Å². The monoisotopic (exact) mass is 527 g/mol. The number of nitrogens with zero attached hydrogens (tertiary/aromatic N) is 7. The predicted octanol–water partition coefficient (Wildman–Crippen LogP) is 3.62. The van der Waals surface area contributed by atoms with Crippen molar-refractivity contribution >= 4 is 33.4 Å². The number of aromatic nitrogens is 4. The average Bonchev–Trinajstić information content (AvgIpc) is 3.30. The first kappa shape index (κ1) is 24.1. The van der Waals surface area contributed by atoms with Crippen LogP contribution in [0, 0.1) is 24.0 Å². The molecule has 0 amide bonds. The van der Waals surface area contributed by atoms with E-state index in [1.807, 2.05) is 0 Å². The zero-order valence-corrected chi connectivity index (χ0v) is 21.6. The number of rotatable bonds is 3. The second-order valence-corrected chi connectivity index (χ2v) is 10.5. The number of fused-ring (bicyclic) bond motifs is 4. The summed E-state index contributed by atoms with van der Waals surface area (Å²) in [6.07, 6.45) is 12.6. The topological polar surface area (TPSA) is 70.5 Å². The lowest BCUT2D eigenvalue weighted by atomic mass is 9.98. The second kappa shape index (κ2) is 9.36. The highest BCUT2D eigenvalue weighted by atomic mass is 19.1. The zero-order valence-electron chi connectivity index (χ0n) is 21.6. The maximum atomic E-state index is 16.5. The maximum Gasteiger partial charge on any atom is 0.228 e. The second-order valence-electron chi connectivity index (χ2n) is 10.5. The molecule has 0 saturated carbocycles. The summed E-state index contributed by atoms with van der Waals surface area (Å²) < 4.78 is 37.3. The van der Waals surface area contributed by atoms with E-state index in [0.29, 0.717) is 46.6 Å². The molecule has 3 saturated heterocycles. The van der Waals surface area contributed by atoms with Gasteiger partial charge in [-0.3, -0.25) is 9.97 Å². The van der Waals surface area contributed by atoms with Crippen LogP contribution in [0.5, 0.6) is 0 Å². The minimum Gasteiger partial charge on any atom is -0.371 e. The summed E-state index contributed by atoms with van der Waals surface area (Å²) in [4.78, 5) is 25.0. The van der Waals surface area contributed by atoms with E-state index in [-0.39, 0.29) is 29.0 Å². The van der Waals surface area contributed by atoms with Crippen LogP contribution < -0.4 is 9.80 Å². The van der Waals surface area contributed by atoms with Gasteiger partial charge in [0.25, 0.3) is 0 Å². The van der Waals surface area contributed by atoms with E-state index in [4.69, 9.17) is 21.1 Å². The summed E-state index contributed by atoms with van der Waals surface area (Å²) in [5, 5.41) is 1.54.